The maximum atomic E-state index is 12.7. The lowest BCUT2D eigenvalue weighted by molar-refractivity contribution is -0.136. The van der Waals surface area contributed by atoms with Crippen LogP contribution in [-0.4, -0.2) is 89.4 Å². The molecule has 2 aliphatic rings. The number of morpholine rings is 1. The Hall–Kier alpha value is -3.73. The number of nitrogens with zero attached hydrogens (tertiary/aromatic N) is 4. The molecule has 0 radical (unpaired) electrons. The number of aliphatic hydroxyl groups is 1. The predicted molar refractivity (Wildman–Crippen MR) is 149 cm³/mol. The molecule has 10 nitrogen and oxygen atoms in total. The monoisotopic (exact) mass is 532 g/mol. The molecular weight excluding hydrogens is 496 g/mol. The number of anilines is 2. The smallest absolute Gasteiger partial charge is 0.223 e. The van der Waals surface area contributed by atoms with E-state index in [1.54, 1.807) is 4.90 Å². The van der Waals surface area contributed by atoms with Crippen molar-refractivity contribution in [1.82, 2.24) is 19.8 Å². The summed E-state index contributed by atoms with van der Waals surface area (Å²) in [5.74, 6) is 2.53. The summed E-state index contributed by atoms with van der Waals surface area (Å²) in [6.07, 6.45) is 1.99. The first kappa shape index (κ1) is 26.9. The largest absolute Gasteiger partial charge is 0.457 e. The highest BCUT2D eigenvalue weighted by atomic mass is 16.5. The van der Waals surface area contributed by atoms with Crippen LogP contribution >= 0.6 is 0 Å². The van der Waals surface area contributed by atoms with Crippen molar-refractivity contribution in [3.8, 4) is 22.6 Å². The van der Waals surface area contributed by atoms with Crippen LogP contribution in [0.15, 0.2) is 60.9 Å². The Morgan fingerprint density at radius 3 is 2.54 bits per heavy atom. The van der Waals surface area contributed by atoms with Gasteiger partial charge in [0.15, 0.2) is 0 Å². The van der Waals surface area contributed by atoms with E-state index < -0.39 is 6.10 Å². The lowest BCUT2D eigenvalue weighted by atomic mass is 9.93. The van der Waals surface area contributed by atoms with Gasteiger partial charge in [0.1, 0.15) is 29.5 Å². The quantitative estimate of drug-likeness (QED) is 0.381. The fourth-order valence-electron chi connectivity index (χ4n) is 5.04. The van der Waals surface area contributed by atoms with Crippen LogP contribution in [0.4, 0.5) is 11.6 Å². The zero-order chi connectivity index (χ0) is 27.0. The van der Waals surface area contributed by atoms with Crippen molar-refractivity contribution in [3.63, 3.8) is 0 Å². The second kappa shape index (κ2) is 12.9. The van der Waals surface area contributed by atoms with Crippen LogP contribution in [0.3, 0.4) is 0 Å². The van der Waals surface area contributed by atoms with Gasteiger partial charge in [-0.05, 0) is 36.2 Å². The summed E-state index contributed by atoms with van der Waals surface area (Å²) >= 11 is 0. The number of piperidine rings is 1. The number of β-amino-alcohol motifs (C(OH)–C–C–N with tert-alkyl or cyclic N) is 1. The van der Waals surface area contributed by atoms with Crippen LogP contribution in [0, 0.1) is 5.92 Å². The molecule has 1 aromatic heterocycles. The molecule has 3 aromatic rings. The number of carbonyl (C=O) groups excluding carboxylic acids is 1. The maximum Gasteiger partial charge on any atom is 0.223 e. The topological polar surface area (TPSA) is 126 Å². The Balaban J connectivity index is 1.16. The molecule has 2 aliphatic heterocycles. The summed E-state index contributed by atoms with van der Waals surface area (Å²) in [5, 5.41) is 14.2. The number of hydrogen-bond donors (Lipinski definition) is 3. The molecule has 10 heteroatoms. The standard InChI is InChI=1S/C29H36N6O4/c30-28-27(21-6-8-24(9-7-21)39-23-4-2-1-3-5-23)29(33-20-32-28)31-18-22-10-13-35(19-25(22)36)26(37)11-12-34-14-16-38-17-15-34/h1-9,20,22,25,36H,10-19H2,(H3,30,31,32,33)/t22-,25+/m0/s1. The lowest BCUT2D eigenvalue weighted by Gasteiger charge is -2.36. The zero-order valence-corrected chi connectivity index (χ0v) is 22.0. The van der Waals surface area contributed by atoms with Crippen LogP contribution in [0.1, 0.15) is 12.8 Å². The molecule has 2 saturated heterocycles. The minimum absolute atomic E-state index is 0.0148. The molecular formula is C29H36N6O4. The van der Waals surface area contributed by atoms with E-state index in [2.05, 4.69) is 20.2 Å². The summed E-state index contributed by atoms with van der Waals surface area (Å²) in [7, 11) is 0. The van der Waals surface area contributed by atoms with E-state index in [-0.39, 0.29) is 11.8 Å². The van der Waals surface area contributed by atoms with Crippen molar-refractivity contribution in [3.05, 3.63) is 60.9 Å². The zero-order valence-electron chi connectivity index (χ0n) is 22.0. The molecule has 4 N–H and O–H groups in total. The summed E-state index contributed by atoms with van der Waals surface area (Å²) in [5.41, 5.74) is 7.82. The van der Waals surface area contributed by atoms with Gasteiger partial charge < -0.3 is 30.5 Å². The third-order valence-electron chi connectivity index (χ3n) is 7.35. The number of aliphatic hydroxyl groups excluding tert-OH is 1. The number of benzene rings is 2. The fraction of sp³-hybridized carbons (Fsp3) is 0.414. The number of carbonyl (C=O) groups is 1. The highest BCUT2D eigenvalue weighted by molar-refractivity contribution is 5.83. The van der Waals surface area contributed by atoms with E-state index in [9.17, 15) is 9.90 Å². The first-order valence-electron chi connectivity index (χ1n) is 13.5. The minimum atomic E-state index is -0.615. The highest BCUT2D eigenvalue weighted by Crippen LogP contribution is 2.33. The number of rotatable bonds is 9. The summed E-state index contributed by atoms with van der Waals surface area (Å²) in [6.45, 7) is 5.39. The van der Waals surface area contributed by atoms with Crippen LogP contribution in [0.2, 0.25) is 0 Å². The van der Waals surface area contributed by atoms with Gasteiger partial charge in [-0.25, -0.2) is 9.97 Å². The Morgan fingerprint density at radius 1 is 1.05 bits per heavy atom. The number of aromatic nitrogens is 2. The molecule has 2 aromatic carbocycles. The number of nitrogen functional groups attached to an aromatic ring is 1. The minimum Gasteiger partial charge on any atom is -0.457 e. The van der Waals surface area contributed by atoms with Gasteiger partial charge >= 0.3 is 0 Å². The fourth-order valence-corrected chi connectivity index (χ4v) is 5.04. The van der Waals surface area contributed by atoms with Gasteiger partial charge in [-0.2, -0.15) is 0 Å². The molecule has 0 saturated carbocycles. The third-order valence-corrected chi connectivity index (χ3v) is 7.35. The van der Waals surface area contributed by atoms with Crippen molar-refractivity contribution in [2.45, 2.75) is 18.9 Å². The number of likely N-dealkylation sites (tertiary alicyclic amines) is 1. The number of para-hydroxylation sites is 1. The van der Waals surface area contributed by atoms with E-state index in [0.717, 1.165) is 44.2 Å². The average molecular weight is 533 g/mol. The lowest BCUT2D eigenvalue weighted by Crippen LogP contribution is -2.49. The van der Waals surface area contributed by atoms with Crippen molar-refractivity contribution in [2.24, 2.45) is 5.92 Å². The summed E-state index contributed by atoms with van der Waals surface area (Å²) < 4.78 is 11.3. The molecule has 0 unspecified atom stereocenters. The second-order valence-corrected chi connectivity index (χ2v) is 9.96. The van der Waals surface area contributed by atoms with E-state index in [0.29, 0.717) is 55.4 Å². The number of hydrogen-bond acceptors (Lipinski definition) is 9. The highest BCUT2D eigenvalue weighted by Gasteiger charge is 2.30. The molecule has 3 heterocycles. The SMILES string of the molecule is Nc1ncnc(NC[C@@H]2CCN(C(=O)CCN3CCOCC3)C[C@H]2O)c1-c1ccc(Oc2ccccc2)cc1. The predicted octanol–water partition coefficient (Wildman–Crippen LogP) is 2.86. The van der Waals surface area contributed by atoms with E-state index in [1.165, 1.54) is 6.33 Å². The molecule has 2 fully saturated rings. The van der Waals surface area contributed by atoms with Crippen LogP contribution in [-0.2, 0) is 9.53 Å². The molecule has 0 aliphatic carbocycles. The van der Waals surface area contributed by atoms with Gasteiger partial charge in [-0.15, -0.1) is 0 Å². The van der Waals surface area contributed by atoms with Gasteiger partial charge in [-0.3, -0.25) is 9.69 Å². The van der Waals surface area contributed by atoms with Crippen molar-refractivity contribution in [2.75, 3.05) is 63.5 Å². The number of ether oxygens (including phenoxy) is 2. The normalized spacial score (nSPS) is 20.0. The Kier molecular flexibility index (Phi) is 8.87. The van der Waals surface area contributed by atoms with Crippen molar-refractivity contribution < 1.29 is 19.4 Å². The van der Waals surface area contributed by atoms with E-state index in [1.807, 2.05) is 54.6 Å². The van der Waals surface area contributed by atoms with Gasteiger partial charge in [0, 0.05) is 51.6 Å². The third kappa shape index (κ3) is 7.03. The van der Waals surface area contributed by atoms with Gasteiger partial charge in [-0.1, -0.05) is 30.3 Å². The first-order valence-corrected chi connectivity index (χ1v) is 13.5. The Labute approximate surface area is 228 Å². The number of nitrogens with one attached hydrogen (secondary N) is 1. The van der Waals surface area contributed by atoms with Crippen molar-refractivity contribution in [1.29, 1.82) is 0 Å². The number of amides is 1. The Bertz CT molecular complexity index is 1220. The van der Waals surface area contributed by atoms with Crippen LogP contribution < -0.4 is 15.8 Å². The summed E-state index contributed by atoms with van der Waals surface area (Å²) in [6, 6.07) is 17.2. The first-order chi connectivity index (χ1) is 19.1. The molecule has 2 atom stereocenters. The molecule has 5 rings (SSSR count). The second-order valence-electron chi connectivity index (χ2n) is 9.96. The molecule has 0 bridgehead atoms. The van der Waals surface area contributed by atoms with Gasteiger partial charge in [0.25, 0.3) is 0 Å². The molecule has 206 valence electrons. The molecule has 39 heavy (non-hydrogen) atoms. The van der Waals surface area contributed by atoms with Crippen LogP contribution in [0.25, 0.3) is 11.1 Å². The average Bonchev–Trinajstić information content (AvgIpc) is 2.97. The van der Waals surface area contributed by atoms with E-state index >= 15 is 0 Å². The van der Waals surface area contributed by atoms with Crippen LogP contribution in [0.5, 0.6) is 11.5 Å². The van der Waals surface area contributed by atoms with E-state index in [4.69, 9.17) is 15.2 Å². The maximum absolute atomic E-state index is 12.7. The summed E-state index contributed by atoms with van der Waals surface area (Å²) in [4.78, 5) is 25.4. The number of nitrogens with two attached hydrogens (primary N) is 1. The van der Waals surface area contributed by atoms with Crippen molar-refractivity contribution >= 4 is 17.5 Å². The van der Waals surface area contributed by atoms with Gasteiger partial charge in [0.05, 0.1) is 24.9 Å². The van der Waals surface area contributed by atoms with Gasteiger partial charge in [0.2, 0.25) is 5.91 Å². The Morgan fingerprint density at radius 2 is 1.79 bits per heavy atom. The molecule has 1 amide bonds. The molecule has 0 spiro atoms.